The van der Waals surface area contributed by atoms with E-state index in [0.29, 0.717) is 16.7 Å². The summed E-state index contributed by atoms with van der Waals surface area (Å²) in [7, 11) is 0. The molecule has 10 heteroatoms. The van der Waals surface area contributed by atoms with Crippen LogP contribution in [0.5, 0.6) is 5.75 Å². The number of carbonyl (C=O) groups is 4. The Balaban J connectivity index is 1.57. The average Bonchev–Trinajstić information content (AvgIpc) is 3.12. The van der Waals surface area contributed by atoms with E-state index >= 15 is 0 Å². The summed E-state index contributed by atoms with van der Waals surface area (Å²) in [4.78, 5) is 57.4. The molecule has 0 aliphatic heterocycles. The number of aryl methyl sites for hydroxylation is 1. The number of alkyl carbamates (subject to hydrolysis) is 1. The molecule has 266 valence electrons. The molecule has 0 radical (unpaired) electrons. The Kier molecular flexibility index (Phi) is 12.2. The summed E-state index contributed by atoms with van der Waals surface area (Å²) in [5.41, 5.74) is 2.50. The number of anilines is 1. The van der Waals surface area contributed by atoms with Crippen LogP contribution in [0.25, 0.3) is 0 Å². The van der Waals surface area contributed by atoms with Gasteiger partial charge in [-0.25, -0.2) is 9.59 Å². The van der Waals surface area contributed by atoms with Crippen LogP contribution in [-0.2, 0) is 20.9 Å². The van der Waals surface area contributed by atoms with Crippen LogP contribution in [0.2, 0.25) is 0 Å². The van der Waals surface area contributed by atoms with Crippen molar-refractivity contribution in [2.75, 3.05) is 5.32 Å². The van der Waals surface area contributed by atoms with Gasteiger partial charge in [0.1, 0.15) is 17.7 Å². The van der Waals surface area contributed by atoms with E-state index < -0.39 is 41.6 Å². The molecule has 5 aromatic carbocycles. The number of nitrogens with zero attached hydrogens (tertiary/aromatic N) is 1. The fourth-order valence-corrected chi connectivity index (χ4v) is 5.69. The zero-order valence-corrected chi connectivity index (χ0v) is 30.9. The number of hydrogen-bond acceptors (Lipinski definition) is 6. The quantitative estimate of drug-likeness (QED) is 0.103. The molecule has 5 aromatic rings. The van der Waals surface area contributed by atoms with E-state index in [1.54, 1.807) is 112 Å². The molecule has 0 fully saturated rings. The van der Waals surface area contributed by atoms with Gasteiger partial charge in [-0.3, -0.25) is 9.59 Å². The zero-order valence-electron chi connectivity index (χ0n) is 29.3. The zero-order chi connectivity index (χ0) is 37.3. The van der Waals surface area contributed by atoms with E-state index in [1.807, 2.05) is 49.4 Å². The molecule has 0 heterocycles. The third-order valence-electron chi connectivity index (χ3n) is 7.90. The summed E-state index contributed by atoms with van der Waals surface area (Å²) in [5.74, 6) is -1.59. The van der Waals surface area contributed by atoms with Crippen molar-refractivity contribution < 1.29 is 28.7 Å². The van der Waals surface area contributed by atoms with Gasteiger partial charge < -0.3 is 25.0 Å². The minimum Gasteiger partial charge on any atom is -0.444 e. The second-order valence-electron chi connectivity index (χ2n) is 13.1. The Morgan fingerprint density at radius 1 is 0.731 bits per heavy atom. The van der Waals surface area contributed by atoms with Crippen LogP contribution < -0.4 is 15.4 Å². The first-order valence-corrected chi connectivity index (χ1v) is 17.5. The van der Waals surface area contributed by atoms with Gasteiger partial charge in [0.25, 0.3) is 11.8 Å². The van der Waals surface area contributed by atoms with Crippen LogP contribution in [0, 0.1) is 6.92 Å². The molecule has 0 aliphatic rings. The van der Waals surface area contributed by atoms with Gasteiger partial charge in [0, 0.05) is 11.0 Å². The molecule has 3 amide bonds. The van der Waals surface area contributed by atoms with Crippen LogP contribution >= 0.6 is 15.9 Å². The fraction of sp³-hybridized carbons (Fsp3) is 0.190. The Bertz CT molecular complexity index is 2000. The number of ether oxygens (including phenoxy) is 2. The number of amides is 3. The summed E-state index contributed by atoms with van der Waals surface area (Å²) in [6.45, 7) is 7.13. The summed E-state index contributed by atoms with van der Waals surface area (Å²) in [6.07, 6.45) is -0.789. The first-order chi connectivity index (χ1) is 24.9. The lowest BCUT2D eigenvalue weighted by Gasteiger charge is -2.35. The van der Waals surface area contributed by atoms with Crippen molar-refractivity contribution in [2.45, 2.75) is 51.9 Å². The van der Waals surface area contributed by atoms with Gasteiger partial charge in [-0.15, -0.1) is 0 Å². The van der Waals surface area contributed by atoms with E-state index in [0.717, 1.165) is 15.6 Å². The van der Waals surface area contributed by atoms with E-state index in [4.69, 9.17) is 9.47 Å². The highest BCUT2D eigenvalue weighted by Crippen LogP contribution is 2.32. The molecular formula is C42H40BrN3O6. The molecule has 2 atom stereocenters. The normalized spacial score (nSPS) is 12.2. The van der Waals surface area contributed by atoms with Crippen molar-refractivity contribution in [3.8, 4) is 5.75 Å². The van der Waals surface area contributed by atoms with Gasteiger partial charge in [0.05, 0.1) is 11.3 Å². The number of rotatable bonds is 11. The lowest BCUT2D eigenvalue weighted by Crippen LogP contribution is -2.48. The summed E-state index contributed by atoms with van der Waals surface area (Å²) in [5, 5.41) is 5.69. The SMILES string of the molecule is Cc1ccc(C(=O)Oc2ccccc2NC(=O)C(c2ccc(Br)cc2)N(Cc2ccccc2)C(=O)C(NC(=O)OC(C)(C)C)c2ccccc2)cc1. The number of para-hydroxylation sites is 2. The summed E-state index contributed by atoms with van der Waals surface area (Å²) >= 11 is 3.47. The highest BCUT2D eigenvalue weighted by Gasteiger charge is 2.37. The minimum absolute atomic E-state index is 0.0111. The van der Waals surface area contributed by atoms with Crippen LogP contribution in [0.4, 0.5) is 10.5 Å². The molecule has 0 bridgehead atoms. The standard InChI is InChI=1S/C42H40BrN3O6/c1-28-19-21-32(22-20-28)40(49)51-35-18-12-11-17-34(35)44-38(47)37(31-23-25-33(43)26-24-31)46(27-29-13-7-5-8-14-29)39(48)36(30-15-9-6-10-16-30)45-41(50)52-42(2,3)4/h5-26,36-37H,27H2,1-4H3,(H,44,47)(H,45,50). The average molecular weight is 763 g/mol. The number of hydrogen-bond donors (Lipinski definition) is 2. The Morgan fingerprint density at radius 3 is 1.96 bits per heavy atom. The van der Waals surface area contributed by atoms with Crippen molar-refractivity contribution in [3.05, 3.63) is 166 Å². The van der Waals surface area contributed by atoms with Crippen molar-refractivity contribution >= 4 is 45.5 Å². The number of benzene rings is 5. The fourth-order valence-electron chi connectivity index (χ4n) is 5.43. The predicted octanol–water partition coefficient (Wildman–Crippen LogP) is 8.95. The van der Waals surface area contributed by atoms with Gasteiger partial charge in [-0.2, -0.15) is 0 Å². The molecule has 0 spiro atoms. The number of nitrogens with one attached hydrogen (secondary N) is 2. The lowest BCUT2D eigenvalue weighted by atomic mass is 9.99. The van der Waals surface area contributed by atoms with Gasteiger partial charge in [0.15, 0.2) is 5.75 Å². The molecule has 2 unspecified atom stereocenters. The first-order valence-electron chi connectivity index (χ1n) is 16.7. The van der Waals surface area contributed by atoms with Crippen LogP contribution in [0.3, 0.4) is 0 Å². The van der Waals surface area contributed by atoms with Crippen LogP contribution in [-0.4, -0.2) is 34.4 Å². The van der Waals surface area contributed by atoms with Gasteiger partial charge in [-0.1, -0.05) is 119 Å². The van der Waals surface area contributed by atoms with Crippen molar-refractivity contribution in [3.63, 3.8) is 0 Å². The molecular weight excluding hydrogens is 722 g/mol. The van der Waals surface area contributed by atoms with E-state index in [-0.39, 0.29) is 18.0 Å². The van der Waals surface area contributed by atoms with E-state index in [2.05, 4.69) is 26.6 Å². The van der Waals surface area contributed by atoms with Crippen LogP contribution in [0.15, 0.2) is 138 Å². The minimum atomic E-state index is -1.21. The van der Waals surface area contributed by atoms with E-state index in [9.17, 15) is 19.2 Å². The Morgan fingerprint density at radius 2 is 1.33 bits per heavy atom. The second kappa shape index (κ2) is 17.0. The van der Waals surface area contributed by atoms with Crippen molar-refractivity contribution in [2.24, 2.45) is 0 Å². The molecule has 0 aromatic heterocycles. The summed E-state index contributed by atoms with van der Waals surface area (Å²) in [6, 6.07) is 36.3. The number of halogens is 1. The van der Waals surface area contributed by atoms with Crippen molar-refractivity contribution in [1.82, 2.24) is 10.2 Å². The van der Waals surface area contributed by atoms with Gasteiger partial charge in [0.2, 0.25) is 0 Å². The highest BCUT2D eigenvalue weighted by molar-refractivity contribution is 9.10. The third-order valence-corrected chi connectivity index (χ3v) is 8.43. The monoisotopic (exact) mass is 761 g/mol. The predicted molar refractivity (Wildman–Crippen MR) is 204 cm³/mol. The highest BCUT2D eigenvalue weighted by atomic mass is 79.9. The molecule has 52 heavy (non-hydrogen) atoms. The van der Waals surface area contributed by atoms with E-state index in [1.165, 1.54) is 4.90 Å². The molecule has 0 saturated carbocycles. The maximum absolute atomic E-state index is 15.0. The lowest BCUT2D eigenvalue weighted by molar-refractivity contribution is -0.141. The van der Waals surface area contributed by atoms with Crippen LogP contribution in [0.1, 0.15) is 65.5 Å². The largest absolute Gasteiger partial charge is 0.444 e. The maximum atomic E-state index is 15.0. The number of carbonyl (C=O) groups excluding carboxylic acids is 4. The van der Waals surface area contributed by atoms with Crippen molar-refractivity contribution in [1.29, 1.82) is 0 Å². The molecule has 5 rings (SSSR count). The molecule has 2 N–H and O–H groups in total. The summed E-state index contributed by atoms with van der Waals surface area (Å²) < 4.78 is 12.1. The van der Waals surface area contributed by atoms with Gasteiger partial charge >= 0.3 is 12.1 Å². The molecule has 0 saturated heterocycles. The smallest absolute Gasteiger partial charge is 0.408 e. The topological polar surface area (TPSA) is 114 Å². The Hall–Kier alpha value is -5.74. The Labute approximate surface area is 312 Å². The third kappa shape index (κ3) is 10.2. The molecule has 0 aliphatic carbocycles. The maximum Gasteiger partial charge on any atom is 0.408 e. The first kappa shape index (κ1) is 37.5. The van der Waals surface area contributed by atoms with Gasteiger partial charge in [-0.05, 0) is 80.8 Å². The second-order valence-corrected chi connectivity index (χ2v) is 14.1. The number of esters is 1. The molecule has 9 nitrogen and oxygen atoms in total.